The van der Waals surface area contributed by atoms with E-state index in [4.69, 9.17) is 11.6 Å². The number of aromatic nitrogens is 1. The Bertz CT molecular complexity index is 649. The Morgan fingerprint density at radius 2 is 2.14 bits per heavy atom. The summed E-state index contributed by atoms with van der Waals surface area (Å²) < 4.78 is 0.901. The Morgan fingerprint density at radius 1 is 1.33 bits per heavy atom. The molecule has 0 fully saturated rings. The standard InChI is InChI=1S/C15H15BrClN3O/c1-2-6-18-14-8-10(7-13(17)20-14)15(21)19-12-5-3-4-11(16)9-12/h3-5,7-9H,2,6H2,1H3,(H,18,20)(H,19,21). The minimum Gasteiger partial charge on any atom is -0.370 e. The van der Waals surface area contributed by atoms with Crippen molar-refractivity contribution in [2.24, 2.45) is 0 Å². The predicted octanol–water partition coefficient (Wildman–Crippen LogP) is 4.57. The molecule has 0 spiro atoms. The first kappa shape index (κ1) is 15.8. The molecule has 1 aromatic heterocycles. The molecule has 0 aliphatic rings. The zero-order valence-electron chi connectivity index (χ0n) is 11.5. The quantitative estimate of drug-likeness (QED) is 0.760. The van der Waals surface area contributed by atoms with Gasteiger partial charge in [0.15, 0.2) is 0 Å². The van der Waals surface area contributed by atoms with Crippen molar-refractivity contribution in [3.05, 3.63) is 51.6 Å². The lowest BCUT2D eigenvalue weighted by Gasteiger charge is -2.09. The number of nitrogens with zero attached hydrogens (tertiary/aromatic N) is 1. The first-order valence-electron chi connectivity index (χ1n) is 6.57. The largest absolute Gasteiger partial charge is 0.370 e. The highest BCUT2D eigenvalue weighted by molar-refractivity contribution is 9.10. The molecule has 0 radical (unpaired) electrons. The average molecular weight is 369 g/mol. The van der Waals surface area contributed by atoms with Gasteiger partial charge in [-0.1, -0.05) is 40.5 Å². The highest BCUT2D eigenvalue weighted by atomic mass is 79.9. The summed E-state index contributed by atoms with van der Waals surface area (Å²) in [7, 11) is 0. The van der Waals surface area contributed by atoms with E-state index in [9.17, 15) is 4.79 Å². The van der Waals surface area contributed by atoms with Gasteiger partial charge in [0.05, 0.1) is 0 Å². The smallest absolute Gasteiger partial charge is 0.255 e. The monoisotopic (exact) mass is 367 g/mol. The molecule has 4 nitrogen and oxygen atoms in total. The molecule has 1 amide bonds. The van der Waals surface area contributed by atoms with E-state index in [1.54, 1.807) is 12.1 Å². The summed E-state index contributed by atoms with van der Waals surface area (Å²) in [4.78, 5) is 16.4. The number of anilines is 2. The number of pyridine rings is 1. The number of benzene rings is 1. The molecule has 6 heteroatoms. The van der Waals surface area contributed by atoms with Crippen LogP contribution >= 0.6 is 27.5 Å². The lowest BCUT2D eigenvalue weighted by molar-refractivity contribution is 0.102. The summed E-state index contributed by atoms with van der Waals surface area (Å²) in [5, 5.41) is 6.23. The number of nitrogens with one attached hydrogen (secondary N) is 2. The summed E-state index contributed by atoms with van der Waals surface area (Å²) >= 11 is 9.33. The van der Waals surface area contributed by atoms with Gasteiger partial charge in [0, 0.05) is 22.3 Å². The Kier molecular flexibility index (Phi) is 5.59. The molecular weight excluding hydrogens is 354 g/mol. The van der Waals surface area contributed by atoms with Crippen LogP contribution in [0.25, 0.3) is 0 Å². The number of rotatable bonds is 5. The van der Waals surface area contributed by atoms with Crippen molar-refractivity contribution in [3.63, 3.8) is 0 Å². The van der Waals surface area contributed by atoms with Crippen molar-refractivity contribution >= 4 is 44.9 Å². The van der Waals surface area contributed by atoms with Gasteiger partial charge in [0.25, 0.3) is 5.91 Å². The maximum atomic E-state index is 12.3. The van der Waals surface area contributed by atoms with Gasteiger partial charge >= 0.3 is 0 Å². The summed E-state index contributed by atoms with van der Waals surface area (Å²) in [6.45, 7) is 2.83. The molecule has 110 valence electrons. The molecule has 0 bridgehead atoms. The van der Waals surface area contributed by atoms with Gasteiger partial charge in [-0.3, -0.25) is 4.79 Å². The molecule has 0 aliphatic heterocycles. The number of carbonyl (C=O) groups excluding carboxylic acids is 1. The first-order valence-corrected chi connectivity index (χ1v) is 7.74. The van der Waals surface area contributed by atoms with E-state index >= 15 is 0 Å². The lowest BCUT2D eigenvalue weighted by atomic mass is 10.2. The van der Waals surface area contributed by atoms with Crippen LogP contribution in [0, 0.1) is 0 Å². The van der Waals surface area contributed by atoms with E-state index in [1.165, 1.54) is 0 Å². The van der Waals surface area contributed by atoms with E-state index in [0.29, 0.717) is 17.1 Å². The van der Waals surface area contributed by atoms with Gasteiger partial charge < -0.3 is 10.6 Å². The minimum absolute atomic E-state index is 0.225. The van der Waals surface area contributed by atoms with Crippen molar-refractivity contribution in [2.75, 3.05) is 17.2 Å². The second-order valence-corrected chi connectivity index (χ2v) is 5.76. The maximum absolute atomic E-state index is 12.3. The molecule has 2 N–H and O–H groups in total. The number of carbonyl (C=O) groups is 1. The Hall–Kier alpha value is -1.59. The number of amides is 1. The van der Waals surface area contributed by atoms with Crippen molar-refractivity contribution in [1.82, 2.24) is 4.98 Å². The third-order valence-corrected chi connectivity index (χ3v) is 3.38. The van der Waals surface area contributed by atoms with Gasteiger partial charge in [-0.15, -0.1) is 0 Å². The van der Waals surface area contributed by atoms with E-state index in [-0.39, 0.29) is 11.1 Å². The summed E-state index contributed by atoms with van der Waals surface area (Å²) in [6, 6.07) is 10.6. The third kappa shape index (κ3) is 4.72. The van der Waals surface area contributed by atoms with Crippen LogP contribution in [0.5, 0.6) is 0 Å². The second kappa shape index (κ2) is 7.43. The fourth-order valence-electron chi connectivity index (χ4n) is 1.74. The van der Waals surface area contributed by atoms with Crippen molar-refractivity contribution < 1.29 is 4.79 Å². The Balaban J connectivity index is 2.16. The van der Waals surface area contributed by atoms with Gasteiger partial charge in [-0.05, 0) is 36.8 Å². The lowest BCUT2D eigenvalue weighted by Crippen LogP contribution is -2.13. The zero-order valence-corrected chi connectivity index (χ0v) is 13.8. The van der Waals surface area contributed by atoms with Crippen molar-refractivity contribution in [2.45, 2.75) is 13.3 Å². The molecule has 0 saturated heterocycles. The van der Waals surface area contributed by atoms with Gasteiger partial charge in [0.2, 0.25) is 0 Å². The number of hydrogen-bond acceptors (Lipinski definition) is 3. The predicted molar refractivity (Wildman–Crippen MR) is 90.1 cm³/mol. The first-order chi connectivity index (χ1) is 10.1. The average Bonchev–Trinajstić information content (AvgIpc) is 2.44. The molecule has 1 heterocycles. The normalized spacial score (nSPS) is 10.2. The summed E-state index contributed by atoms with van der Waals surface area (Å²) in [5.41, 5.74) is 1.18. The zero-order chi connectivity index (χ0) is 15.2. The third-order valence-electron chi connectivity index (χ3n) is 2.69. The summed E-state index contributed by atoms with van der Waals surface area (Å²) in [6.07, 6.45) is 0.966. The molecule has 0 unspecified atom stereocenters. The van der Waals surface area contributed by atoms with Crippen LogP contribution in [-0.2, 0) is 0 Å². The molecule has 0 atom stereocenters. The molecule has 0 aliphatic carbocycles. The van der Waals surface area contributed by atoms with E-state index in [0.717, 1.165) is 17.4 Å². The van der Waals surface area contributed by atoms with Crippen LogP contribution in [-0.4, -0.2) is 17.4 Å². The molecule has 21 heavy (non-hydrogen) atoms. The molecule has 2 aromatic rings. The highest BCUT2D eigenvalue weighted by Crippen LogP contribution is 2.19. The molecular formula is C15H15BrClN3O. The van der Waals surface area contributed by atoms with Gasteiger partial charge in [-0.2, -0.15) is 0 Å². The van der Waals surface area contributed by atoms with Crippen molar-refractivity contribution in [3.8, 4) is 0 Å². The van der Waals surface area contributed by atoms with E-state index in [1.807, 2.05) is 24.3 Å². The molecule has 1 aromatic carbocycles. The second-order valence-electron chi connectivity index (χ2n) is 4.46. The number of hydrogen-bond donors (Lipinski definition) is 2. The minimum atomic E-state index is -0.225. The van der Waals surface area contributed by atoms with Crippen LogP contribution in [0.4, 0.5) is 11.5 Å². The van der Waals surface area contributed by atoms with Crippen LogP contribution < -0.4 is 10.6 Å². The van der Waals surface area contributed by atoms with Crippen molar-refractivity contribution in [1.29, 1.82) is 0 Å². The van der Waals surface area contributed by atoms with Crippen LogP contribution in [0.2, 0.25) is 5.15 Å². The fourth-order valence-corrected chi connectivity index (χ4v) is 2.35. The molecule has 0 saturated carbocycles. The van der Waals surface area contributed by atoms with Gasteiger partial charge in [0.1, 0.15) is 11.0 Å². The highest BCUT2D eigenvalue weighted by Gasteiger charge is 2.10. The summed E-state index contributed by atoms with van der Waals surface area (Å²) in [5.74, 6) is 0.376. The fraction of sp³-hybridized carbons (Fsp3) is 0.200. The maximum Gasteiger partial charge on any atom is 0.255 e. The van der Waals surface area contributed by atoms with E-state index in [2.05, 4.69) is 38.5 Å². The van der Waals surface area contributed by atoms with Crippen LogP contribution in [0.15, 0.2) is 40.9 Å². The topological polar surface area (TPSA) is 54.0 Å². The van der Waals surface area contributed by atoms with Gasteiger partial charge in [-0.25, -0.2) is 4.98 Å². The number of halogens is 2. The Morgan fingerprint density at radius 3 is 2.86 bits per heavy atom. The van der Waals surface area contributed by atoms with Crippen LogP contribution in [0.3, 0.4) is 0 Å². The van der Waals surface area contributed by atoms with Crippen LogP contribution in [0.1, 0.15) is 23.7 Å². The van der Waals surface area contributed by atoms with E-state index < -0.39 is 0 Å². The molecule has 2 rings (SSSR count). The SMILES string of the molecule is CCCNc1cc(C(=O)Nc2cccc(Br)c2)cc(Cl)n1. The Labute approximate surface area is 137 Å².